The molecule has 1 fully saturated rings. The SMILES string of the molecule is Cc1ccc(-c2cc(C(F)(F)F)n3nc(C(=O)N4CCN(Cc5ccc(Cl)cc5Cl)CC4)cc3n2)cc1C. The molecule has 11 heteroatoms. The standard InChI is InChI=1S/C27H24Cl2F3N5O/c1-16-3-4-18(11-17(16)2)22-13-24(27(30,31)32)37-25(33-22)14-23(34-37)26(38)36-9-7-35(8-10-36)15-19-5-6-20(28)12-21(19)29/h3-6,11-14H,7-10,15H2,1-2H3. The Balaban J connectivity index is 1.38. The zero-order chi connectivity index (χ0) is 27.2. The average Bonchev–Trinajstić information content (AvgIpc) is 3.30. The topological polar surface area (TPSA) is 53.7 Å². The molecular weight excluding hydrogens is 538 g/mol. The first kappa shape index (κ1) is 26.5. The number of alkyl halides is 3. The third kappa shape index (κ3) is 5.36. The van der Waals surface area contributed by atoms with E-state index in [4.69, 9.17) is 23.2 Å². The number of carbonyl (C=O) groups excluding carboxylic acids is 1. The molecule has 3 heterocycles. The van der Waals surface area contributed by atoms with Crippen LogP contribution in [0.15, 0.2) is 48.5 Å². The van der Waals surface area contributed by atoms with E-state index in [2.05, 4.69) is 15.0 Å². The Morgan fingerprint density at radius 2 is 1.68 bits per heavy atom. The Bertz CT molecular complexity index is 1530. The van der Waals surface area contributed by atoms with Crippen molar-refractivity contribution in [3.63, 3.8) is 0 Å². The molecule has 0 saturated carbocycles. The molecule has 2 aromatic carbocycles. The van der Waals surface area contributed by atoms with Crippen LogP contribution < -0.4 is 0 Å². The average molecular weight is 562 g/mol. The van der Waals surface area contributed by atoms with Crippen LogP contribution in [0, 0.1) is 13.8 Å². The predicted molar refractivity (Wildman–Crippen MR) is 141 cm³/mol. The summed E-state index contributed by atoms with van der Waals surface area (Å²) in [6, 6.07) is 13.0. The summed E-state index contributed by atoms with van der Waals surface area (Å²) in [4.78, 5) is 21.4. The van der Waals surface area contributed by atoms with Gasteiger partial charge in [0.2, 0.25) is 0 Å². The molecule has 0 N–H and O–H groups in total. The molecule has 198 valence electrons. The van der Waals surface area contributed by atoms with Gasteiger partial charge in [0.15, 0.2) is 17.0 Å². The quantitative estimate of drug-likeness (QED) is 0.293. The summed E-state index contributed by atoms with van der Waals surface area (Å²) in [5, 5.41) is 5.17. The molecule has 1 aliphatic rings. The Morgan fingerprint density at radius 3 is 2.34 bits per heavy atom. The fourth-order valence-electron chi connectivity index (χ4n) is 4.49. The van der Waals surface area contributed by atoms with Crippen molar-refractivity contribution in [3.8, 4) is 11.3 Å². The van der Waals surface area contributed by atoms with E-state index in [9.17, 15) is 18.0 Å². The molecule has 0 unspecified atom stereocenters. The molecule has 1 saturated heterocycles. The van der Waals surface area contributed by atoms with Gasteiger partial charge in [-0.1, -0.05) is 41.4 Å². The lowest BCUT2D eigenvalue weighted by atomic mass is 10.0. The Kier molecular flexibility index (Phi) is 7.11. The van der Waals surface area contributed by atoms with Gasteiger partial charge in [-0.15, -0.1) is 0 Å². The van der Waals surface area contributed by atoms with Gasteiger partial charge in [-0.2, -0.15) is 18.3 Å². The molecule has 6 nitrogen and oxygen atoms in total. The third-order valence-electron chi connectivity index (χ3n) is 6.81. The molecule has 0 radical (unpaired) electrons. The smallest absolute Gasteiger partial charge is 0.335 e. The van der Waals surface area contributed by atoms with Gasteiger partial charge in [0.1, 0.15) is 0 Å². The lowest BCUT2D eigenvalue weighted by molar-refractivity contribution is -0.142. The number of piperazine rings is 1. The summed E-state index contributed by atoms with van der Waals surface area (Å²) in [5.41, 5.74) is 2.54. The number of hydrogen-bond acceptors (Lipinski definition) is 4. The number of benzene rings is 2. The fourth-order valence-corrected chi connectivity index (χ4v) is 4.96. The Morgan fingerprint density at radius 1 is 0.947 bits per heavy atom. The molecule has 1 amide bonds. The van der Waals surface area contributed by atoms with E-state index >= 15 is 0 Å². The first-order valence-corrected chi connectivity index (χ1v) is 12.8. The highest BCUT2D eigenvalue weighted by Crippen LogP contribution is 2.33. The van der Waals surface area contributed by atoms with Crippen LogP contribution in [0.1, 0.15) is 32.9 Å². The van der Waals surface area contributed by atoms with Crippen molar-refractivity contribution in [3.05, 3.63) is 86.7 Å². The number of carbonyl (C=O) groups is 1. The Hall–Kier alpha value is -3.14. The van der Waals surface area contributed by atoms with E-state index in [1.807, 2.05) is 26.0 Å². The molecule has 0 aliphatic carbocycles. The van der Waals surface area contributed by atoms with E-state index in [1.165, 1.54) is 6.07 Å². The van der Waals surface area contributed by atoms with Crippen LogP contribution in [0.2, 0.25) is 10.0 Å². The number of aromatic nitrogens is 3. The third-order valence-corrected chi connectivity index (χ3v) is 7.39. The second-order valence-corrected chi connectivity index (χ2v) is 10.3. The maximum Gasteiger partial charge on any atom is 0.433 e. The van der Waals surface area contributed by atoms with Crippen LogP contribution in [0.4, 0.5) is 13.2 Å². The molecular formula is C27H24Cl2F3N5O. The van der Waals surface area contributed by atoms with Crippen molar-refractivity contribution in [2.45, 2.75) is 26.6 Å². The van der Waals surface area contributed by atoms with E-state index in [1.54, 1.807) is 29.2 Å². The summed E-state index contributed by atoms with van der Waals surface area (Å²) < 4.78 is 42.7. The van der Waals surface area contributed by atoms with Gasteiger partial charge in [-0.3, -0.25) is 9.69 Å². The van der Waals surface area contributed by atoms with E-state index in [0.29, 0.717) is 52.8 Å². The monoisotopic (exact) mass is 561 g/mol. The predicted octanol–water partition coefficient (Wildman–Crippen LogP) is 6.30. The van der Waals surface area contributed by atoms with Crippen LogP contribution in [0.5, 0.6) is 0 Å². The summed E-state index contributed by atoms with van der Waals surface area (Å²) in [5.74, 6) is -0.430. The van der Waals surface area contributed by atoms with Crippen molar-refractivity contribution in [1.29, 1.82) is 0 Å². The number of nitrogens with zero attached hydrogens (tertiary/aromatic N) is 5. The van der Waals surface area contributed by atoms with Crippen LogP contribution in [-0.4, -0.2) is 56.5 Å². The number of amides is 1. The largest absolute Gasteiger partial charge is 0.433 e. The van der Waals surface area contributed by atoms with Crippen molar-refractivity contribution in [2.24, 2.45) is 0 Å². The maximum atomic E-state index is 14.0. The minimum absolute atomic E-state index is 0.0348. The van der Waals surface area contributed by atoms with Crippen molar-refractivity contribution >= 4 is 34.8 Å². The molecule has 1 aliphatic heterocycles. The van der Waals surface area contributed by atoms with Gasteiger partial charge in [0.05, 0.1) is 5.69 Å². The van der Waals surface area contributed by atoms with Crippen LogP contribution in [0.3, 0.4) is 0 Å². The minimum Gasteiger partial charge on any atom is -0.335 e. The lowest BCUT2D eigenvalue weighted by Crippen LogP contribution is -2.48. The highest BCUT2D eigenvalue weighted by molar-refractivity contribution is 6.35. The van der Waals surface area contributed by atoms with Crippen molar-refractivity contribution < 1.29 is 18.0 Å². The fraction of sp³-hybridized carbons (Fsp3) is 0.296. The van der Waals surface area contributed by atoms with Crippen molar-refractivity contribution in [2.75, 3.05) is 26.2 Å². The summed E-state index contributed by atoms with van der Waals surface area (Å²) in [6.07, 6.45) is -4.68. The van der Waals surface area contributed by atoms with E-state index < -0.39 is 17.8 Å². The minimum atomic E-state index is -4.68. The van der Waals surface area contributed by atoms with Gasteiger partial charge in [-0.25, -0.2) is 9.50 Å². The Labute approximate surface area is 227 Å². The zero-order valence-corrected chi connectivity index (χ0v) is 22.2. The first-order valence-electron chi connectivity index (χ1n) is 12.0. The van der Waals surface area contributed by atoms with Crippen LogP contribution >= 0.6 is 23.2 Å². The zero-order valence-electron chi connectivity index (χ0n) is 20.7. The molecule has 4 aromatic rings. The first-order chi connectivity index (χ1) is 18.0. The van der Waals surface area contributed by atoms with Gasteiger partial charge in [-0.05, 0) is 54.8 Å². The highest BCUT2D eigenvalue weighted by Gasteiger charge is 2.36. The molecule has 0 bridgehead atoms. The van der Waals surface area contributed by atoms with E-state index in [-0.39, 0.29) is 17.0 Å². The number of halogens is 5. The second-order valence-electron chi connectivity index (χ2n) is 9.43. The molecule has 2 aromatic heterocycles. The van der Waals surface area contributed by atoms with Gasteiger partial charge in [0.25, 0.3) is 5.91 Å². The number of fused-ring (bicyclic) bond motifs is 1. The van der Waals surface area contributed by atoms with Gasteiger partial charge in [0, 0.05) is 54.4 Å². The molecule has 5 rings (SSSR count). The molecule has 38 heavy (non-hydrogen) atoms. The maximum absolute atomic E-state index is 14.0. The van der Waals surface area contributed by atoms with Crippen LogP contribution in [-0.2, 0) is 12.7 Å². The normalized spacial score (nSPS) is 14.9. The van der Waals surface area contributed by atoms with Gasteiger partial charge >= 0.3 is 6.18 Å². The highest BCUT2D eigenvalue weighted by atomic mass is 35.5. The summed E-state index contributed by atoms with van der Waals surface area (Å²) in [7, 11) is 0. The van der Waals surface area contributed by atoms with Gasteiger partial charge < -0.3 is 4.90 Å². The molecule has 0 spiro atoms. The number of hydrogen-bond donors (Lipinski definition) is 0. The van der Waals surface area contributed by atoms with Crippen molar-refractivity contribution in [1.82, 2.24) is 24.4 Å². The van der Waals surface area contributed by atoms with E-state index in [0.717, 1.165) is 22.8 Å². The second kappa shape index (κ2) is 10.2. The van der Waals surface area contributed by atoms with Crippen LogP contribution in [0.25, 0.3) is 16.9 Å². The number of rotatable bonds is 4. The molecule has 0 atom stereocenters. The number of aryl methyl sites for hydroxylation is 2. The summed E-state index contributed by atoms with van der Waals surface area (Å²) >= 11 is 12.3. The lowest BCUT2D eigenvalue weighted by Gasteiger charge is -2.34. The summed E-state index contributed by atoms with van der Waals surface area (Å²) in [6.45, 7) is 6.41.